The third kappa shape index (κ3) is 3.55. The van der Waals surface area contributed by atoms with E-state index in [0.717, 1.165) is 19.4 Å². The second-order valence-electron chi connectivity index (χ2n) is 4.71. The molecule has 0 aliphatic carbocycles. The molecule has 20 heavy (non-hydrogen) atoms. The van der Waals surface area contributed by atoms with E-state index in [0.29, 0.717) is 28.0 Å². The molecule has 3 N–H and O–H groups in total. The summed E-state index contributed by atoms with van der Waals surface area (Å²) in [4.78, 5) is 17.7. The van der Waals surface area contributed by atoms with Gasteiger partial charge in [-0.05, 0) is 31.9 Å². The van der Waals surface area contributed by atoms with Crippen molar-refractivity contribution < 1.29 is 9.63 Å². The van der Waals surface area contributed by atoms with Gasteiger partial charge in [-0.1, -0.05) is 23.2 Å². The molecule has 2 rings (SSSR count). The van der Waals surface area contributed by atoms with Gasteiger partial charge in [0.15, 0.2) is 0 Å². The summed E-state index contributed by atoms with van der Waals surface area (Å²) in [6.45, 7) is 3.15. The molecule has 7 heteroatoms. The number of halogens is 2. The summed E-state index contributed by atoms with van der Waals surface area (Å²) < 4.78 is 0. The summed E-state index contributed by atoms with van der Waals surface area (Å²) in [6.07, 6.45) is 2.03. The molecule has 0 aromatic heterocycles. The molecule has 1 aliphatic rings. The number of hydrogen-bond acceptors (Lipinski definition) is 4. The summed E-state index contributed by atoms with van der Waals surface area (Å²) in [5, 5.41) is 5.03. The largest absolute Gasteiger partial charge is 0.399 e. The van der Waals surface area contributed by atoms with Crippen molar-refractivity contribution in [1.29, 1.82) is 0 Å². The highest BCUT2D eigenvalue weighted by molar-refractivity contribution is 6.40. The van der Waals surface area contributed by atoms with E-state index in [4.69, 9.17) is 33.8 Å². The fourth-order valence-electron chi connectivity index (χ4n) is 1.99. The first-order valence-corrected chi connectivity index (χ1v) is 7.19. The van der Waals surface area contributed by atoms with Crippen LogP contribution in [0, 0.1) is 0 Å². The van der Waals surface area contributed by atoms with E-state index >= 15 is 0 Å². The number of nitrogens with one attached hydrogen (secondary N) is 1. The maximum atomic E-state index is 12.2. The number of hydrogen-bond donors (Lipinski definition) is 2. The predicted octanol–water partition coefficient (Wildman–Crippen LogP) is 2.93. The fraction of sp³-hybridized carbons (Fsp3) is 0.462. The molecule has 1 atom stereocenters. The Hall–Kier alpha value is -1.01. The Balaban J connectivity index is 2.07. The van der Waals surface area contributed by atoms with Crippen molar-refractivity contribution in [3.63, 3.8) is 0 Å². The lowest BCUT2D eigenvalue weighted by molar-refractivity contribution is -0.202. The van der Waals surface area contributed by atoms with Crippen molar-refractivity contribution in [2.24, 2.45) is 0 Å². The van der Waals surface area contributed by atoms with Crippen LogP contribution < -0.4 is 11.1 Å². The molecule has 1 amide bonds. The molecule has 0 spiro atoms. The lowest BCUT2D eigenvalue weighted by Gasteiger charge is -2.30. The van der Waals surface area contributed by atoms with Crippen LogP contribution in [0.3, 0.4) is 0 Å². The van der Waals surface area contributed by atoms with E-state index in [9.17, 15) is 4.79 Å². The summed E-state index contributed by atoms with van der Waals surface area (Å²) >= 11 is 12.1. The minimum Gasteiger partial charge on any atom is -0.399 e. The number of hydroxylamine groups is 2. The van der Waals surface area contributed by atoms with Gasteiger partial charge < -0.3 is 11.1 Å². The Bertz CT molecular complexity index is 481. The predicted molar refractivity (Wildman–Crippen MR) is 80.9 cm³/mol. The van der Waals surface area contributed by atoms with Gasteiger partial charge in [0.1, 0.15) is 6.04 Å². The first-order valence-electron chi connectivity index (χ1n) is 6.44. The lowest BCUT2D eigenvalue weighted by Crippen LogP contribution is -2.44. The average molecular weight is 318 g/mol. The Labute approximate surface area is 127 Å². The fourth-order valence-corrected chi connectivity index (χ4v) is 2.59. The van der Waals surface area contributed by atoms with E-state index in [1.54, 1.807) is 24.1 Å². The van der Waals surface area contributed by atoms with Gasteiger partial charge >= 0.3 is 0 Å². The minimum absolute atomic E-state index is 0.222. The molecular weight excluding hydrogens is 301 g/mol. The van der Waals surface area contributed by atoms with Crippen LogP contribution in [0.15, 0.2) is 12.1 Å². The third-order valence-corrected chi connectivity index (χ3v) is 3.75. The van der Waals surface area contributed by atoms with Gasteiger partial charge in [0.25, 0.3) is 0 Å². The highest BCUT2D eigenvalue weighted by atomic mass is 35.5. The van der Waals surface area contributed by atoms with E-state index < -0.39 is 6.04 Å². The lowest BCUT2D eigenvalue weighted by atomic mass is 10.2. The Morgan fingerprint density at radius 3 is 2.60 bits per heavy atom. The monoisotopic (exact) mass is 317 g/mol. The zero-order chi connectivity index (χ0) is 14.7. The van der Waals surface area contributed by atoms with Gasteiger partial charge in [-0.25, -0.2) is 0 Å². The number of rotatable bonds is 3. The molecule has 1 aliphatic heterocycles. The van der Waals surface area contributed by atoms with Crippen LogP contribution in [0.25, 0.3) is 0 Å². The molecule has 1 aromatic carbocycles. The molecule has 0 radical (unpaired) electrons. The van der Waals surface area contributed by atoms with Crippen molar-refractivity contribution in [2.45, 2.75) is 25.8 Å². The number of benzene rings is 1. The number of nitrogens with zero attached hydrogens (tertiary/aromatic N) is 1. The molecule has 1 fully saturated rings. The van der Waals surface area contributed by atoms with Crippen molar-refractivity contribution in [1.82, 2.24) is 5.06 Å². The van der Waals surface area contributed by atoms with Crippen molar-refractivity contribution in [3.8, 4) is 0 Å². The quantitative estimate of drug-likeness (QED) is 0.841. The van der Waals surface area contributed by atoms with E-state index in [-0.39, 0.29) is 5.91 Å². The highest BCUT2D eigenvalue weighted by Crippen LogP contribution is 2.33. The number of nitrogen functional groups attached to an aromatic ring is 1. The topological polar surface area (TPSA) is 67.6 Å². The van der Waals surface area contributed by atoms with Crippen molar-refractivity contribution in [2.75, 3.05) is 24.2 Å². The molecule has 0 saturated carbocycles. The molecule has 1 unspecified atom stereocenters. The van der Waals surface area contributed by atoms with E-state index in [1.165, 1.54) is 0 Å². The Kier molecular flexibility index (Phi) is 5.10. The van der Waals surface area contributed by atoms with Gasteiger partial charge in [-0.2, -0.15) is 5.06 Å². The van der Waals surface area contributed by atoms with Crippen LogP contribution in [0.4, 0.5) is 11.4 Å². The second kappa shape index (κ2) is 6.63. The van der Waals surface area contributed by atoms with Gasteiger partial charge in [-0.15, -0.1) is 0 Å². The van der Waals surface area contributed by atoms with Crippen molar-refractivity contribution >= 4 is 40.5 Å². The van der Waals surface area contributed by atoms with Gasteiger partial charge in [0, 0.05) is 12.2 Å². The summed E-state index contributed by atoms with van der Waals surface area (Å²) in [5.74, 6) is -0.222. The van der Waals surface area contributed by atoms with Crippen LogP contribution in [-0.2, 0) is 9.63 Å². The molecule has 5 nitrogen and oxygen atoms in total. The summed E-state index contributed by atoms with van der Waals surface area (Å²) in [7, 11) is 0. The summed E-state index contributed by atoms with van der Waals surface area (Å²) in [6, 6.07) is 2.68. The number of carbonyl (C=O) groups is 1. The molecule has 1 aromatic rings. The number of amides is 1. The first kappa shape index (κ1) is 15.4. The van der Waals surface area contributed by atoms with Crippen LogP contribution in [0.1, 0.15) is 19.8 Å². The number of anilines is 2. The Morgan fingerprint density at radius 1 is 1.40 bits per heavy atom. The third-order valence-electron chi connectivity index (χ3n) is 3.15. The maximum absolute atomic E-state index is 12.2. The van der Waals surface area contributed by atoms with Gasteiger partial charge in [0.2, 0.25) is 5.91 Å². The minimum atomic E-state index is -0.417. The molecular formula is C13H17Cl2N3O2. The van der Waals surface area contributed by atoms with Gasteiger partial charge in [0.05, 0.1) is 22.3 Å². The molecule has 1 saturated heterocycles. The molecule has 110 valence electrons. The van der Waals surface area contributed by atoms with Crippen LogP contribution in [-0.4, -0.2) is 30.2 Å². The standard InChI is InChI=1S/C13H17Cl2N3O2/c1-8(18-4-2-3-5-20-18)13(19)17-12-10(14)6-9(16)7-11(12)15/h6-8H,2-5,16H2,1H3,(H,17,19). The van der Waals surface area contributed by atoms with Gasteiger partial charge in [-0.3, -0.25) is 9.63 Å². The smallest absolute Gasteiger partial charge is 0.243 e. The number of nitrogens with two attached hydrogens (primary N) is 1. The van der Waals surface area contributed by atoms with E-state index in [1.807, 2.05) is 0 Å². The molecule has 1 heterocycles. The normalized spacial score (nSPS) is 17.8. The van der Waals surface area contributed by atoms with Crippen LogP contribution in [0.2, 0.25) is 10.0 Å². The summed E-state index contributed by atoms with van der Waals surface area (Å²) in [5.41, 5.74) is 6.45. The van der Waals surface area contributed by atoms with Crippen LogP contribution in [0.5, 0.6) is 0 Å². The van der Waals surface area contributed by atoms with Crippen molar-refractivity contribution in [3.05, 3.63) is 22.2 Å². The average Bonchev–Trinajstić information content (AvgIpc) is 2.42. The SMILES string of the molecule is CC(C(=O)Nc1c(Cl)cc(N)cc1Cl)N1CCCCO1. The molecule has 0 bridgehead atoms. The van der Waals surface area contributed by atoms with Crippen LogP contribution >= 0.6 is 23.2 Å². The zero-order valence-electron chi connectivity index (χ0n) is 11.2. The number of carbonyl (C=O) groups excluding carboxylic acids is 1. The van der Waals surface area contributed by atoms with E-state index in [2.05, 4.69) is 5.32 Å². The Morgan fingerprint density at radius 2 is 2.05 bits per heavy atom. The zero-order valence-corrected chi connectivity index (χ0v) is 12.7. The second-order valence-corrected chi connectivity index (χ2v) is 5.52. The first-order chi connectivity index (χ1) is 9.49. The highest BCUT2D eigenvalue weighted by Gasteiger charge is 2.25. The maximum Gasteiger partial charge on any atom is 0.243 e.